The van der Waals surface area contributed by atoms with Gasteiger partial charge in [-0.15, -0.1) is 0 Å². The number of para-hydroxylation sites is 1. The van der Waals surface area contributed by atoms with Crippen LogP contribution in [0.1, 0.15) is 24.9 Å². The van der Waals surface area contributed by atoms with Crippen LogP contribution in [0.25, 0.3) is 0 Å². The molecule has 8 heteroatoms. The van der Waals surface area contributed by atoms with E-state index in [0.717, 1.165) is 5.76 Å². The third kappa shape index (κ3) is 4.84. The second-order valence-corrected chi connectivity index (χ2v) is 9.36. The Balaban J connectivity index is 1.80. The monoisotopic (exact) mass is 411 g/mol. The number of halogens is 1. The summed E-state index contributed by atoms with van der Waals surface area (Å²) in [5.41, 5.74) is 0. The van der Waals surface area contributed by atoms with Crippen LogP contribution in [0.4, 0.5) is 0 Å². The van der Waals surface area contributed by atoms with Crippen LogP contribution in [-0.2, 0) is 21.2 Å². The first kappa shape index (κ1) is 19.8. The molecule has 1 saturated heterocycles. The number of hydrogen-bond donors (Lipinski definition) is 0. The van der Waals surface area contributed by atoms with Gasteiger partial charge in [0, 0.05) is 6.04 Å². The third-order valence-corrected chi connectivity index (χ3v) is 6.61. The van der Waals surface area contributed by atoms with Crippen molar-refractivity contribution in [2.45, 2.75) is 39.0 Å². The van der Waals surface area contributed by atoms with Crippen molar-refractivity contribution in [1.82, 2.24) is 4.90 Å². The highest BCUT2D eigenvalue weighted by atomic mass is 35.5. The van der Waals surface area contributed by atoms with Crippen molar-refractivity contribution in [3.05, 3.63) is 52.9 Å². The molecule has 6 nitrogen and oxygen atoms in total. The minimum absolute atomic E-state index is 0.0444. The summed E-state index contributed by atoms with van der Waals surface area (Å²) in [5.74, 6) is 1.49. The van der Waals surface area contributed by atoms with Crippen molar-refractivity contribution in [2.75, 3.05) is 11.5 Å². The molecule has 0 spiro atoms. The van der Waals surface area contributed by atoms with Gasteiger partial charge in [0.25, 0.3) is 5.91 Å². The topological polar surface area (TPSA) is 76.8 Å². The fourth-order valence-corrected chi connectivity index (χ4v) is 5.07. The lowest BCUT2D eigenvalue weighted by atomic mass is 10.2. The van der Waals surface area contributed by atoms with E-state index >= 15 is 0 Å². The average Bonchev–Trinajstić information content (AvgIpc) is 3.19. The van der Waals surface area contributed by atoms with Crippen LogP contribution in [0.2, 0.25) is 5.02 Å². The summed E-state index contributed by atoms with van der Waals surface area (Å²) in [6, 6.07) is 10.1. The zero-order chi connectivity index (χ0) is 19.6. The number of furan rings is 1. The standard InChI is InChI=1S/C19H22ClNO5S/c1-13-7-8-16(25-13)11-21(15-9-10-27(23,24)12-15)19(22)14(2)26-18-6-4-3-5-17(18)20/h3-8,14-15H,9-12H2,1-2H3/t14-,15-/m1/s1. The first-order valence-corrected chi connectivity index (χ1v) is 10.9. The minimum Gasteiger partial charge on any atom is -0.479 e. The van der Waals surface area contributed by atoms with Gasteiger partial charge >= 0.3 is 0 Å². The van der Waals surface area contributed by atoms with E-state index < -0.39 is 22.0 Å². The molecule has 0 saturated carbocycles. The molecular weight excluding hydrogens is 390 g/mol. The number of amides is 1. The molecule has 1 aromatic heterocycles. The lowest BCUT2D eigenvalue weighted by Gasteiger charge is -2.30. The van der Waals surface area contributed by atoms with Crippen LogP contribution in [0.15, 0.2) is 40.8 Å². The molecular formula is C19H22ClNO5S. The summed E-state index contributed by atoms with van der Waals surface area (Å²) >= 11 is 6.11. The summed E-state index contributed by atoms with van der Waals surface area (Å²) < 4.78 is 35.2. The van der Waals surface area contributed by atoms with Crippen molar-refractivity contribution in [2.24, 2.45) is 0 Å². The van der Waals surface area contributed by atoms with E-state index in [1.165, 1.54) is 0 Å². The smallest absolute Gasteiger partial charge is 0.264 e. The van der Waals surface area contributed by atoms with Crippen molar-refractivity contribution in [3.63, 3.8) is 0 Å². The molecule has 146 valence electrons. The zero-order valence-electron chi connectivity index (χ0n) is 15.2. The summed E-state index contributed by atoms with van der Waals surface area (Å²) in [7, 11) is -3.14. The van der Waals surface area contributed by atoms with Gasteiger partial charge in [-0.25, -0.2) is 8.42 Å². The maximum absolute atomic E-state index is 13.1. The highest BCUT2D eigenvalue weighted by molar-refractivity contribution is 7.91. The average molecular weight is 412 g/mol. The summed E-state index contributed by atoms with van der Waals surface area (Å²) in [6.07, 6.45) is -0.406. The minimum atomic E-state index is -3.14. The molecule has 2 heterocycles. The highest BCUT2D eigenvalue weighted by Crippen LogP contribution is 2.26. The Morgan fingerprint density at radius 3 is 2.67 bits per heavy atom. The van der Waals surface area contributed by atoms with Crippen molar-refractivity contribution >= 4 is 27.3 Å². The predicted molar refractivity (Wildman–Crippen MR) is 103 cm³/mol. The van der Waals surface area contributed by atoms with Crippen LogP contribution in [0, 0.1) is 6.92 Å². The lowest BCUT2D eigenvalue weighted by Crippen LogP contribution is -2.46. The van der Waals surface area contributed by atoms with Gasteiger partial charge in [0.2, 0.25) is 0 Å². The molecule has 0 aliphatic carbocycles. The quantitative estimate of drug-likeness (QED) is 0.729. The van der Waals surface area contributed by atoms with Gasteiger partial charge in [0.1, 0.15) is 17.3 Å². The van der Waals surface area contributed by atoms with Crippen LogP contribution < -0.4 is 4.74 Å². The normalized spacial score (nSPS) is 19.6. The summed E-state index contributed by atoms with van der Waals surface area (Å²) in [6.45, 7) is 3.65. The Bertz CT molecular complexity index is 924. The Morgan fingerprint density at radius 1 is 1.33 bits per heavy atom. The second-order valence-electron chi connectivity index (χ2n) is 6.73. The van der Waals surface area contributed by atoms with E-state index in [4.69, 9.17) is 20.8 Å². The molecule has 1 amide bonds. The Hall–Kier alpha value is -1.99. The van der Waals surface area contributed by atoms with Gasteiger partial charge in [0.05, 0.1) is 23.1 Å². The number of sulfone groups is 1. The first-order valence-electron chi connectivity index (χ1n) is 8.72. The maximum Gasteiger partial charge on any atom is 0.264 e. The number of aryl methyl sites for hydroxylation is 1. The molecule has 2 aromatic rings. The number of carbonyl (C=O) groups excluding carboxylic acids is 1. The van der Waals surface area contributed by atoms with Gasteiger partial charge in [-0.05, 0) is 44.5 Å². The van der Waals surface area contributed by atoms with Crippen LogP contribution in [0.3, 0.4) is 0 Å². The largest absolute Gasteiger partial charge is 0.479 e. The van der Waals surface area contributed by atoms with Gasteiger partial charge in [-0.2, -0.15) is 0 Å². The van der Waals surface area contributed by atoms with Crippen LogP contribution in [-0.4, -0.2) is 42.9 Å². The number of benzene rings is 1. The van der Waals surface area contributed by atoms with E-state index in [1.54, 1.807) is 42.2 Å². The molecule has 1 fully saturated rings. The SMILES string of the molecule is Cc1ccc(CN(C(=O)[C@@H](C)Oc2ccccc2Cl)[C@@H]2CCS(=O)(=O)C2)o1. The molecule has 2 atom stereocenters. The first-order chi connectivity index (χ1) is 12.7. The highest BCUT2D eigenvalue weighted by Gasteiger charge is 2.37. The molecule has 1 aliphatic rings. The number of carbonyl (C=O) groups is 1. The molecule has 3 rings (SSSR count). The van der Waals surface area contributed by atoms with Gasteiger partial charge in [-0.3, -0.25) is 4.79 Å². The third-order valence-electron chi connectivity index (χ3n) is 4.54. The Labute approximate surface area is 164 Å². The molecule has 0 unspecified atom stereocenters. The molecule has 0 N–H and O–H groups in total. The van der Waals surface area contributed by atoms with Crippen molar-refractivity contribution < 1.29 is 22.4 Å². The summed E-state index contributed by atoms with van der Waals surface area (Å²) in [4.78, 5) is 14.6. The fraction of sp³-hybridized carbons (Fsp3) is 0.421. The molecule has 1 aromatic carbocycles. The van der Waals surface area contributed by atoms with Gasteiger partial charge < -0.3 is 14.1 Å². The number of rotatable bonds is 6. The van der Waals surface area contributed by atoms with E-state index in [0.29, 0.717) is 23.0 Å². The molecule has 0 bridgehead atoms. The van der Waals surface area contributed by atoms with E-state index in [2.05, 4.69) is 0 Å². The van der Waals surface area contributed by atoms with Gasteiger partial charge in [-0.1, -0.05) is 23.7 Å². The van der Waals surface area contributed by atoms with Crippen LogP contribution >= 0.6 is 11.6 Å². The second kappa shape index (κ2) is 7.94. The molecule has 27 heavy (non-hydrogen) atoms. The zero-order valence-corrected chi connectivity index (χ0v) is 16.8. The number of ether oxygens (including phenoxy) is 1. The van der Waals surface area contributed by atoms with Gasteiger partial charge in [0.15, 0.2) is 15.9 Å². The maximum atomic E-state index is 13.1. The number of nitrogens with zero attached hydrogens (tertiary/aromatic N) is 1. The van der Waals surface area contributed by atoms with E-state index in [9.17, 15) is 13.2 Å². The predicted octanol–water partition coefficient (Wildman–Crippen LogP) is 3.22. The van der Waals surface area contributed by atoms with Crippen molar-refractivity contribution in [1.29, 1.82) is 0 Å². The fourth-order valence-electron chi connectivity index (χ4n) is 3.16. The van der Waals surface area contributed by atoms with Crippen LogP contribution in [0.5, 0.6) is 5.75 Å². The number of hydrogen-bond acceptors (Lipinski definition) is 5. The van der Waals surface area contributed by atoms with Crippen molar-refractivity contribution in [3.8, 4) is 5.75 Å². The molecule has 0 radical (unpaired) electrons. The Morgan fingerprint density at radius 2 is 2.07 bits per heavy atom. The Kier molecular flexibility index (Phi) is 5.81. The van der Waals surface area contributed by atoms with E-state index in [1.807, 2.05) is 13.0 Å². The summed E-state index contributed by atoms with van der Waals surface area (Å²) in [5, 5.41) is 0.411. The molecule has 1 aliphatic heterocycles. The lowest BCUT2D eigenvalue weighted by molar-refractivity contribution is -0.140. The van der Waals surface area contributed by atoms with E-state index in [-0.39, 0.29) is 24.0 Å².